The van der Waals surface area contributed by atoms with Crippen molar-refractivity contribution >= 4 is 29.0 Å². The molecule has 1 amide bonds. The molecule has 0 spiro atoms. The predicted octanol–water partition coefficient (Wildman–Crippen LogP) is 1.98. The minimum absolute atomic E-state index is 0.0610. The summed E-state index contributed by atoms with van der Waals surface area (Å²) in [5.41, 5.74) is 1.17. The van der Waals surface area contributed by atoms with Crippen molar-refractivity contribution in [3.05, 3.63) is 29.3 Å². The van der Waals surface area contributed by atoms with Crippen LogP contribution in [-0.4, -0.2) is 45.9 Å². The molecule has 2 aromatic rings. The highest BCUT2D eigenvalue weighted by Gasteiger charge is 2.16. The molecule has 0 fully saturated rings. The van der Waals surface area contributed by atoms with Crippen LogP contribution in [0.25, 0.3) is 10.6 Å². The maximum atomic E-state index is 12.1. The first kappa shape index (κ1) is 15.1. The van der Waals surface area contributed by atoms with Gasteiger partial charge in [-0.1, -0.05) is 6.07 Å². The van der Waals surface area contributed by atoms with Crippen molar-refractivity contribution in [2.75, 3.05) is 18.6 Å². The Labute approximate surface area is 125 Å². The number of rotatable bonds is 7. The van der Waals surface area contributed by atoms with E-state index < -0.39 is 0 Å². The highest BCUT2D eigenvalue weighted by molar-refractivity contribution is 7.98. The van der Waals surface area contributed by atoms with E-state index in [0.717, 1.165) is 22.7 Å². The van der Waals surface area contributed by atoms with Crippen LogP contribution in [0.15, 0.2) is 23.6 Å². The molecule has 2 aromatic heterocycles. The number of hydrogen-bond donors (Lipinski definition) is 3. The summed E-state index contributed by atoms with van der Waals surface area (Å²) in [5, 5.41) is 20.9. The Hall–Kier alpha value is -1.31. The summed E-state index contributed by atoms with van der Waals surface area (Å²) < 4.78 is 0. The minimum atomic E-state index is -0.260. The normalized spacial score (nSPS) is 12.3. The first-order valence-electron chi connectivity index (χ1n) is 6.24. The molecule has 108 valence electrons. The van der Waals surface area contributed by atoms with E-state index in [9.17, 15) is 9.90 Å². The van der Waals surface area contributed by atoms with Crippen molar-refractivity contribution in [2.45, 2.75) is 12.5 Å². The number of aromatic nitrogens is 2. The number of thiophene rings is 1. The van der Waals surface area contributed by atoms with E-state index in [4.69, 9.17) is 0 Å². The van der Waals surface area contributed by atoms with Gasteiger partial charge in [0.25, 0.3) is 5.91 Å². The third-order valence-corrected chi connectivity index (χ3v) is 4.37. The van der Waals surface area contributed by atoms with Crippen molar-refractivity contribution in [1.29, 1.82) is 0 Å². The Morgan fingerprint density at radius 2 is 2.50 bits per heavy atom. The van der Waals surface area contributed by atoms with Gasteiger partial charge in [-0.3, -0.25) is 9.89 Å². The van der Waals surface area contributed by atoms with Gasteiger partial charge < -0.3 is 10.4 Å². The van der Waals surface area contributed by atoms with Crippen molar-refractivity contribution < 1.29 is 9.90 Å². The SMILES string of the molecule is CSCC[C@H](CO)NC(=O)c1cc(-c2cccs2)[nH]n1. The van der Waals surface area contributed by atoms with Gasteiger partial charge in [0.15, 0.2) is 5.69 Å². The summed E-state index contributed by atoms with van der Waals surface area (Å²) in [6.45, 7) is -0.0610. The Bertz CT molecular complexity index is 540. The quantitative estimate of drug-likeness (QED) is 0.730. The van der Waals surface area contributed by atoms with Gasteiger partial charge >= 0.3 is 0 Å². The fourth-order valence-corrected chi connectivity index (χ4v) is 2.94. The zero-order valence-electron chi connectivity index (χ0n) is 11.1. The Morgan fingerprint density at radius 3 is 3.15 bits per heavy atom. The number of amides is 1. The largest absolute Gasteiger partial charge is 0.394 e. The Morgan fingerprint density at radius 1 is 1.65 bits per heavy atom. The second-order valence-corrected chi connectivity index (χ2v) is 6.21. The van der Waals surface area contributed by atoms with Crippen LogP contribution in [0.2, 0.25) is 0 Å². The Balaban J connectivity index is 1.99. The summed E-state index contributed by atoms with van der Waals surface area (Å²) >= 11 is 3.27. The van der Waals surface area contributed by atoms with E-state index >= 15 is 0 Å². The van der Waals surface area contributed by atoms with Crippen LogP contribution in [-0.2, 0) is 0 Å². The molecule has 0 aromatic carbocycles. The van der Waals surface area contributed by atoms with Gasteiger partial charge in [-0.25, -0.2) is 0 Å². The molecule has 0 aliphatic carbocycles. The van der Waals surface area contributed by atoms with E-state index in [1.54, 1.807) is 29.2 Å². The zero-order valence-corrected chi connectivity index (χ0v) is 12.8. The molecule has 20 heavy (non-hydrogen) atoms. The molecule has 5 nitrogen and oxygen atoms in total. The fraction of sp³-hybridized carbons (Fsp3) is 0.385. The lowest BCUT2D eigenvalue weighted by Gasteiger charge is -2.14. The van der Waals surface area contributed by atoms with Gasteiger partial charge in [0.2, 0.25) is 0 Å². The summed E-state index contributed by atoms with van der Waals surface area (Å²) in [6.07, 6.45) is 2.74. The third-order valence-electron chi connectivity index (χ3n) is 2.82. The second-order valence-electron chi connectivity index (χ2n) is 4.28. The van der Waals surface area contributed by atoms with Gasteiger partial charge in [0.1, 0.15) is 0 Å². The molecule has 2 heterocycles. The highest BCUT2D eigenvalue weighted by Crippen LogP contribution is 2.22. The lowest BCUT2D eigenvalue weighted by Crippen LogP contribution is -2.38. The van der Waals surface area contributed by atoms with Gasteiger partial charge in [0.05, 0.1) is 23.2 Å². The van der Waals surface area contributed by atoms with Crippen molar-refractivity contribution in [2.24, 2.45) is 0 Å². The zero-order chi connectivity index (χ0) is 14.4. The van der Waals surface area contributed by atoms with Crippen LogP contribution in [0.4, 0.5) is 0 Å². The van der Waals surface area contributed by atoms with E-state index in [1.165, 1.54) is 0 Å². The number of aliphatic hydroxyl groups is 1. The van der Waals surface area contributed by atoms with Gasteiger partial charge in [-0.05, 0) is 35.9 Å². The first-order chi connectivity index (χ1) is 9.74. The van der Waals surface area contributed by atoms with Gasteiger partial charge in [-0.15, -0.1) is 11.3 Å². The molecule has 0 radical (unpaired) electrons. The minimum Gasteiger partial charge on any atom is -0.394 e. The van der Waals surface area contributed by atoms with Crippen LogP contribution in [0, 0.1) is 0 Å². The molecule has 0 unspecified atom stereocenters. The van der Waals surface area contributed by atoms with Crippen LogP contribution >= 0.6 is 23.1 Å². The molecule has 2 rings (SSSR count). The van der Waals surface area contributed by atoms with Crippen LogP contribution in [0.1, 0.15) is 16.9 Å². The van der Waals surface area contributed by atoms with E-state index in [1.807, 2.05) is 23.8 Å². The van der Waals surface area contributed by atoms with E-state index in [2.05, 4.69) is 15.5 Å². The molecule has 3 N–H and O–H groups in total. The molecular weight excluding hydrogens is 294 g/mol. The number of aromatic amines is 1. The summed E-state index contributed by atoms with van der Waals surface area (Å²) in [7, 11) is 0. The predicted molar refractivity (Wildman–Crippen MR) is 83.2 cm³/mol. The standard InChI is InChI=1S/C13H17N3O2S2/c1-19-6-4-9(8-17)14-13(18)11-7-10(15-16-11)12-3-2-5-20-12/h2-3,5,7,9,17H,4,6,8H2,1H3,(H,14,18)(H,15,16)/t9-/m1/s1. The molecule has 0 aliphatic heterocycles. The maximum Gasteiger partial charge on any atom is 0.272 e. The molecule has 1 atom stereocenters. The van der Waals surface area contributed by atoms with Crippen LogP contribution in [0.3, 0.4) is 0 Å². The van der Waals surface area contributed by atoms with Crippen molar-refractivity contribution in [3.8, 4) is 10.6 Å². The topological polar surface area (TPSA) is 78.0 Å². The number of thioether (sulfide) groups is 1. The second kappa shape index (κ2) is 7.47. The van der Waals surface area contributed by atoms with Gasteiger partial charge in [-0.2, -0.15) is 16.9 Å². The maximum absolute atomic E-state index is 12.1. The molecule has 0 saturated heterocycles. The lowest BCUT2D eigenvalue weighted by molar-refractivity contribution is 0.0910. The smallest absolute Gasteiger partial charge is 0.272 e. The number of carbonyl (C=O) groups excluding carboxylic acids is 1. The van der Waals surface area contributed by atoms with E-state index in [-0.39, 0.29) is 18.6 Å². The van der Waals surface area contributed by atoms with Crippen molar-refractivity contribution in [1.82, 2.24) is 15.5 Å². The number of nitrogens with zero attached hydrogens (tertiary/aromatic N) is 1. The molecule has 7 heteroatoms. The highest BCUT2D eigenvalue weighted by atomic mass is 32.2. The summed E-state index contributed by atoms with van der Waals surface area (Å²) in [4.78, 5) is 13.1. The summed E-state index contributed by atoms with van der Waals surface area (Å²) in [6, 6.07) is 5.42. The molecular formula is C13H17N3O2S2. The molecule has 0 bridgehead atoms. The first-order valence-corrected chi connectivity index (χ1v) is 8.52. The van der Waals surface area contributed by atoms with Crippen molar-refractivity contribution in [3.63, 3.8) is 0 Å². The third kappa shape index (κ3) is 3.84. The fourth-order valence-electron chi connectivity index (χ4n) is 1.72. The average molecular weight is 311 g/mol. The molecule has 0 saturated carbocycles. The number of H-pyrrole nitrogens is 1. The van der Waals surface area contributed by atoms with Crippen LogP contribution < -0.4 is 5.32 Å². The number of nitrogens with one attached hydrogen (secondary N) is 2. The Kier molecular flexibility index (Phi) is 5.63. The van der Waals surface area contributed by atoms with E-state index in [0.29, 0.717) is 5.69 Å². The number of carbonyl (C=O) groups is 1. The monoisotopic (exact) mass is 311 g/mol. The average Bonchev–Trinajstić information content (AvgIpc) is 3.12. The molecule has 0 aliphatic rings. The van der Waals surface area contributed by atoms with Gasteiger partial charge in [0, 0.05) is 0 Å². The summed E-state index contributed by atoms with van der Waals surface area (Å²) in [5.74, 6) is 0.635. The number of hydrogen-bond acceptors (Lipinski definition) is 5. The lowest BCUT2D eigenvalue weighted by atomic mass is 10.2. The van der Waals surface area contributed by atoms with Crippen LogP contribution in [0.5, 0.6) is 0 Å². The number of aliphatic hydroxyl groups excluding tert-OH is 1.